The molecule has 0 radical (unpaired) electrons. The molecule has 1 aliphatic rings. The summed E-state index contributed by atoms with van der Waals surface area (Å²) in [5.74, 6) is -3.15. The fraction of sp³-hybridized carbons (Fsp3) is 0.120. The van der Waals surface area contributed by atoms with Crippen molar-refractivity contribution in [2.45, 2.75) is 13.0 Å². The second-order valence-corrected chi connectivity index (χ2v) is 7.35. The highest BCUT2D eigenvalue weighted by Crippen LogP contribution is 2.43. The number of methoxy groups -OCH3 is 1. The number of aryl methyl sites for hydroxylation is 1. The zero-order chi connectivity index (χ0) is 23.0. The number of aliphatic hydroxyl groups excluding tert-OH is 1. The molecule has 0 bridgehead atoms. The molecule has 1 N–H and O–H groups in total. The Morgan fingerprint density at radius 2 is 1.75 bits per heavy atom. The Kier molecular flexibility index (Phi) is 5.48. The van der Waals surface area contributed by atoms with Crippen molar-refractivity contribution in [3.63, 3.8) is 0 Å². The number of hydrogen-bond donors (Lipinski definition) is 1. The van der Waals surface area contributed by atoms with Crippen molar-refractivity contribution in [3.8, 4) is 5.75 Å². The minimum absolute atomic E-state index is 0.00254. The fourth-order valence-corrected chi connectivity index (χ4v) is 3.90. The number of hydrogen-bond acceptors (Lipinski definition) is 4. The van der Waals surface area contributed by atoms with Gasteiger partial charge in [0.1, 0.15) is 23.1 Å². The first-order valence-corrected chi connectivity index (χ1v) is 9.79. The van der Waals surface area contributed by atoms with E-state index in [0.29, 0.717) is 11.3 Å². The van der Waals surface area contributed by atoms with Crippen LogP contribution >= 0.6 is 0 Å². The van der Waals surface area contributed by atoms with Gasteiger partial charge in [-0.25, -0.2) is 8.78 Å². The van der Waals surface area contributed by atoms with Gasteiger partial charge in [-0.1, -0.05) is 24.3 Å². The van der Waals surface area contributed by atoms with E-state index in [9.17, 15) is 23.5 Å². The standard InChI is InChI=1S/C25H19F2NO4/c1-14-12-15(10-11-20(14)32-2)23(29)21-22(18-8-3-4-9-19(18)27)28(25(31)24(21)30)17-7-5-6-16(26)13-17/h3-13,22,29H,1-2H3/b23-21+. The van der Waals surface area contributed by atoms with Crippen molar-refractivity contribution >= 4 is 23.1 Å². The van der Waals surface area contributed by atoms with Gasteiger partial charge in [0.05, 0.1) is 18.7 Å². The third-order valence-electron chi connectivity index (χ3n) is 5.40. The summed E-state index contributed by atoms with van der Waals surface area (Å²) in [6, 6.07) is 14.2. The highest BCUT2D eigenvalue weighted by molar-refractivity contribution is 6.51. The van der Waals surface area contributed by atoms with Crippen molar-refractivity contribution in [1.29, 1.82) is 0 Å². The largest absolute Gasteiger partial charge is 0.507 e. The van der Waals surface area contributed by atoms with Gasteiger partial charge in [0, 0.05) is 16.8 Å². The van der Waals surface area contributed by atoms with Crippen molar-refractivity contribution in [3.05, 3.63) is 101 Å². The summed E-state index contributed by atoms with van der Waals surface area (Å²) >= 11 is 0. The van der Waals surface area contributed by atoms with Crippen LogP contribution in [0.5, 0.6) is 5.75 Å². The van der Waals surface area contributed by atoms with Crippen molar-refractivity contribution in [2.75, 3.05) is 12.0 Å². The molecule has 1 heterocycles. The zero-order valence-electron chi connectivity index (χ0n) is 17.3. The molecule has 4 rings (SSSR count). The highest BCUT2D eigenvalue weighted by atomic mass is 19.1. The van der Waals surface area contributed by atoms with Crippen molar-refractivity contribution < 1.29 is 28.2 Å². The first kappa shape index (κ1) is 21.2. The average Bonchev–Trinajstić information content (AvgIpc) is 3.04. The van der Waals surface area contributed by atoms with E-state index in [-0.39, 0.29) is 22.4 Å². The molecular formula is C25H19F2NO4. The molecule has 1 fully saturated rings. The Labute approximate surface area is 183 Å². The second-order valence-electron chi connectivity index (χ2n) is 7.35. The predicted octanol–water partition coefficient (Wildman–Crippen LogP) is 4.91. The summed E-state index contributed by atoms with van der Waals surface area (Å²) in [7, 11) is 1.50. The predicted molar refractivity (Wildman–Crippen MR) is 115 cm³/mol. The van der Waals surface area contributed by atoms with Gasteiger partial charge in [-0.05, 0) is 55.0 Å². The number of ether oxygens (including phenoxy) is 1. The van der Waals surface area contributed by atoms with Gasteiger partial charge >= 0.3 is 0 Å². The van der Waals surface area contributed by atoms with Crippen LogP contribution in [0.2, 0.25) is 0 Å². The van der Waals surface area contributed by atoms with E-state index >= 15 is 0 Å². The first-order valence-electron chi connectivity index (χ1n) is 9.79. The number of halogens is 2. The van der Waals surface area contributed by atoms with E-state index in [1.807, 2.05) is 0 Å². The first-order chi connectivity index (χ1) is 15.3. The molecule has 0 spiro atoms. The lowest BCUT2D eigenvalue weighted by molar-refractivity contribution is -0.132. The van der Waals surface area contributed by atoms with E-state index in [0.717, 1.165) is 11.0 Å². The minimum Gasteiger partial charge on any atom is -0.507 e. The van der Waals surface area contributed by atoms with Gasteiger partial charge in [0.2, 0.25) is 0 Å². The average molecular weight is 435 g/mol. The van der Waals surface area contributed by atoms with Crippen LogP contribution in [0.25, 0.3) is 5.76 Å². The molecular weight excluding hydrogens is 416 g/mol. The lowest BCUT2D eigenvalue weighted by Gasteiger charge is -2.25. The molecule has 1 aliphatic heterocycles. The number of benzene rings is 3. The molecule has 32 heavy (non-hydrogen) atoms. The Hall–Kier alpha value is -4.00. The van der Waals surface area contributed by atoms with Crippen molar-refractivity contribution in [1.82, 2.24) is 0 Å². The van der Waals surface area contributed by atoms with Gasteiger partial charge in [-0.2, -0.15) is 0 Å². The molecule has 3 aromatic carbocycles. The van der Waals surface area contributed by atoms with Gasteiger partial charge in [-0.15, -0.1) is 0 Å². The summed E-state index contributed by atoms with van der Waals surface area (Å²) < 4.78 is 34.0. The van der Waals surface area contributed by atoms with E-state index in [4.69, 9.17) is 4.74 Å². The number of rotatable bonds is 4. The molecule has 0 aliphatic carbocycles. The number of aliphatic hydroxyl groups is 1. The molecule has 1 amide bonds. The second kappa shape index (κ2) is 8.26. The smallest absolute Gasteiger partial charge is 0.300 e. The summed E-state index contributed by atoms with van der Waals surface area (Å²) in [5.41, 5.74) is 0.752. The van der Waals surface area contributed by atoms with E-state index < -0.39 is 35.1 Å². The van der Waals surface area contributed by atoms with Crippen LogP contribution < -0.4 is 9.64 Å². The molecule has 162 valence electrons. The third-order valence-corrected chi connectivity index (χ3v) is 5.40. The number of carbonyl (C=O) groups excluding carboxylic acids is 2. The number of Topliss-reactive ketones (excluding diaryl/α,β-unsaturated/α-hetero) is 1. The zero-order valence-corrected chi connectivity index (χ0v) is 17.3. The van der Waals surface area contributed by atoms with Gasteiger partial charge in [-0.3, -0.25) is 14.5 Å². The van der Waals surface area contributed by atoms with Crippen LogP contribution in [-0.4, -0.2) is 23.9 Å². The summed E-state index contributed by atoms with van der Waals surface area (Å²) in [4.78, 5) is 27.0. The molecule has 3 aromatic rings. The van der Waals surface area contributed by atoms with Crippen LogP contribution in [-0.2, 0) is 9.59 Å². The molecule has 5 nitrogen and oxygen atoms in total. The Morgan fingerprint density at radius 1 is 1.00 bits per heavy atom. The summed E-state index contributed by atoms with van der Waals surface area (Å²) in [6.07, 6.45) is 0. The maximum Gasteiger partial charge on any atom is 0.300 e. The Morgan fingerprint density at radius 3 is 2.41 bits per heavy atom. The molecule has 7 heteroatoms. The van der Waals surface area contributed by atoms with Crippen LogP contribution in [0.1, 0.15) is 22.7 Å². The lowest BCUT2D eigenvalue weighted by atomic mass is 9.94. The maximum absolute atomic E-state index is 14.8. The van der Waals surface area contributed by atoms with E-state index in [1.54, 1.807) is 25.1 Å². The third kappa shape index (κ3) is 3.51. The molecule has 0 aromatic heterocycles. The normalized spacial score (nSPS) is 17.6. The Bertz CT molecular complexity index is 1270. The molecule has 0 saturated carbocycles. The quantitative estimate of drug-likeness (QED) is 0.359. The number of nitrogens with zero attached hydrogens (tertiary/aromatic N) is 1. The minimum atomic E-state index is -1.28. The fourth-order valence-electron chi connectivity index (χ4n) is 3.90. The van der Waals surface area contributed by atoms with E-state index in [1.165, 1.54) is 49.6 Å². The number of ketones is 1. The van der Waals surface area contributed by atoms with Crippen molar-refractivity contribution in [2.24, 2.45) is 0 Å². The van der Waals surface area contributed by atoms with Crippen LogP contribution in [0.15, 0.2) is 72.3 Å². The van der Waals surface area contributed by atoms with Gasteiger partial charge in [0.15, 0.2) is 0 Å². The Balaban J connectivity index is 1.97. The van der Waals surface area contributed by atoms with Crippen LogP contribution in [0.4, 0.5) is 14.5 Å². The van der Waals surface area contributed by atoms with Crippen LogP contribution in [0.3, 0.4) is 0 Å². The maximum atomic E-state index is 14.8. The molecule has 1 saturated heterocycles. The van der Waals surface area contributed by atoms with Gasteiger partial charge < -0.3 is 9.84 Å². The summed E-state index contributed by atoms with van der Waals surface area (Å²) in [6.45, 7) is 1.76. The SMILES string of the molecule is COc1ccc(/C(O)=C2\C(=O)C(=O)N(c3cccc(F)c3)C2c2ccccc2F)cc1C. The topological polar surface area (TPSA) is 66.8 Å². The number of amides is 1. The monoisotopic (exact) mass is 435 g/mol. The summed E-state index contributed by atoms with van der Waals surface area (Å²) in [5, 5.41) is 11.1. The van der Waals surface area contributed by atoms with E-state index in [2.05, 4.69) is 0 Å². The lowest BCUT2D eigenvalue weighted by Crippen LogP contribution is -2.30. The highest BCUT2D eigenvalue weighted by Gasteiger charge is 2.47. The number of anilines is 1. The molecule has 1 unspecified atom stereocenters. The van der Waals surface area contributed by atoms with Gasteiger partial charge in [0.25, 0.3) is 11.7 Å². The van der Waals surface area contributed by atoms with Crippen LogP contribution in [0, 0.1) is 18.6 Å². The number of carbonyl (C=O) groups is 2. The molecule has 1 atom stereocenters.